The maximum absolute atomic E-state index is 12.3. The maximum atomic E-state index is 12.3. The van der Waals surface area contributed by atoms with Crippen molar-refractivity contribution in [2.24, 2.45) is 0 Å². The van der Waals surface area contributed by atoms with Crippen molar-refractivity contribution in [3.63, 3.8) is 0 Å². The lowest BCUT2D eigenvalue weighted by molar-refractivity contribution is 0.386. The van der Waals surface area contributed by atoms with Crippen LogP contribution >= 0.6 is 48.9 Å². The van der Waals surface area contributed by atoms with E-state index in [2.05, 4.69) is 206 Å². The van der Waals surface area contributed by atoms with E-state index in [1.54, 1.807) is 15.3 Å². The number of rotatable bonds is 0. The monoisotopic (exact) mass is 1310 g/mol. The van der Waals surface area contributed by atoms with Crippen molar-refractivity contribution in [1.82, 2.24) is 32.4 Å². The quantitative estimate of drug-likeness (QED) is 0.140. The SMILES string of the molecule is CC(C)(C)n1ccc2ccccc2c1=O.CC(C)(C)n1ccc2ccccc2c1=S.CC(C)(C)n1ccc2ncccc2c1=S.Cc1ccc2c(=S)n(C(C)(C)C)ccc2c1.Cc1ccc2ccn(C(C)(C)C)c(=O)c2c1.Cc1ccc2ccn(C(C)(C)C)c(=S)c2c1. The second kappa shape index (κ2) is 28.8. The Hall–Kier alpha value is -7.81. The van der Waals surface area contributed by atoms with Gasteiger partial charge in [-0.25, -0.2) is 0 Å². The molecular formula is C80H95N7O2S4. The minimum Gasteiger partial charge on any atom is -0.333 e. The van der Waals surface area contributed by atoms with E-state index >= 15 is 0 Å². The molecule has 7 heterocycles. The van der Waals surface area contributed by atoms with Crippen molar-refractivity contribution in [2.75, 3.05) is 0 Å². The Kier molecular flexibility index (Phi) is 22.5. The van der Waals surface area contributed by atoms with E-state index in [-0.39, 0.29) is 44.4 Å². The molecule has 7 aromatic heterocycles. The molecule has 0 fully saturated rings. The first-order valence-corrected chi connectivity index (χ1v) is 33.4. The summed E-state index contributed by atoms with van der Waals surface area (Å²) in [6.45, 7) is 44.4. The maximum Gasteiger partial charge on any atom is 0.258 e. The predicted molar refractivity (Wildman–Crippen MR) is 409 cm³/mol. The van der Waals surface area contributed by atoms with Gasteiger partial charge in [-0.15, -0.1) is 0 Å². The molecule has 0 aliphatic heterocycles. The van der Waals surface area contributed by atoms with Crippen LogP contribution in [0.5, 0.6) is 0 Å². The highest BCUT2D eigenvalue weighted by molar-refractivity contribution is 7.72. The van der Waals surface area contributed by atoms with Crippen LogP contribution in [0.2, 0.25) is 0 Å². The average Bonchev–Trinajstić information content (AvgIpc) is 0.847. The summed E-state index contributed by atoms with van der Waals surface area (Å²) in [5.41, 5.74) is 4.58. The van der Waals surface area contributed by atoms with Gasteiger partial charge in [-0.05, 0) is 239 Å². The Morgan fingerprint density at radius 3 is 1.04 bits per heavy atom. The normalized spacial score (nSPS) is 12.0. The lowest BCUT2D eigenvalue weighted by atomic mass is 10.1. The van der Waals surface area contributed by atoms with Crippen LogP contribution in [0.4, 0.5) is 0 Å². The Bertz CT molecular complexity index is 4700. The van der Waals surface area contributed by atoms with E-state index in [9.17, 15) is 9.59 Å². The molecule has 486 valence electrons. The Morgan fingerprint density at radius 2 is 0.581 bits per heavy atom. The van der Waals surface area contributed by atoms with E-state index in [0.29, 0.717) is 0 Å². The van der Waals surface area contributed by atoms with Crippen molar-refractivity contribution in [3.05, 3.63) is 251 Å². The topological polar surface area (TPSA) is 76.6 Å². The van der Waals surface area contributed by atoms with Crippen LogP contribution in [0.15, 0.2) is 205 Å². The molecule has 0 spiro atoms. The van der Waals surface area contributed by atoms with E-state index in [1.165, 1.54) is 32.7 Å². The standard InChI is InChI=1S/C14H17NO.2C14H17NS.C13H15NO.C13H15NS.C12H14N2S/c1-10-5-6-11-7-8-15(14(2,3)4)13(16)12(11)9-10;1-10-5-6-12-11(9-10)7-8-15(13(12)16)14(2,3)4;1-10-5-6-11-7-8-15(14(2,3)4)13(16)12(11)9-10;2*1-13(2,3)14-9-8-10-6-4-5-7-11(10)12(14)15;1-12(2,3)14-8-6-10-9(11(14)15)5-4-7-13-10/h3*5-9H,1-4H3;2*4-9H,1-3H3;4-8H,1-3H3. The summed E-state index contributed by atoms with van der Waals surface area (Å²) < 4.78 is 15.7. The number of pyridine rings is 7. The van der Waals surface area contributed by atoms with Crippen LogP contribution in [0, 0.1) is 39.3 Å². The van der Waals surface area contributed by atoms with Crippen LogP contribution in [0.3, 0.4) is 0 Å². The van der Waals surface area contributed by atoms with Gasteiger partial charge in [-0.1, -0.05) is 150 Å². The van der Waals surface area contributed by atoms with Crippen LogP contribution in [0.1, 0.15) is 141 Å². The molecule has 5 aromatic carbocycles. The summed E-state index contributed by atoms with van der Waals surface area (Å²) in [6.07, 6.45) is 13.8. The van der Waals surface area contributed by atoms with Gasteiger partial charge in [0.1, 0.15) is 18.6 Å². The molecule has 13 heteroatoms. The largest absolute Gasteiger partial charge is 0.333 e. The lowest BCUT2D eigenvalue weighted by Gasteiger charge is -2.24. The van der Waals surface area contributed by atoms with Crippen molar-refractivity contribution in [2.45, 2.75) is 179 Å². The summed E-state index contributed by atoms with van der Waals surface area (Å²) in [4.78, 5) is 28.7. The molecular weight excluding hydrogens is 1220 g/mol. The van der Waals surface area contributed by atoms with Crippen LogP contribution in [-0.2, 0) is 33.2 Å². The fourth-order valence-corrected chi connectivity index (χ4v) is 12.8. The van der Waals surface area contributed by atoms with Gasteiger partial charge < -0.3 is 27.4 Å². The summed E-state index contributed by atoms with van der Waals surface area (Å²) in [6, 6.07) is 51.1. The fraction of sp³-hybridized carbons (Fsp3) is 0.338. The van der Waals surface area contributed by atoms with E-state index in [1.807, 2.05) is 152 Å². The van der Waals surface area contributed by atoms with Gasteiger partial charge in [-0.3, -0.25) is 14.6 Å². The molecule has 0 atom stereocenters. The third-order valence-corrected chi connectivity index (χ3v) is 17.5. The Balaban J connectivity index is 0.000000158. The number of hydrogen-bond donors (Lipinski definition) is 0. The molecule has 0 amide bonds. The molecule has 0 saturated carbocycles. The van der Waals surface area contributed by atoms with Crippen molar-refractivity contribution in [1.29, 1.82) is 0 Å². The first-order chi connectivity index (χ1) is 43.2. The number of aromatic nitrogens is 7. The van der Waals surface area contributed by atoms with E-state index in [0.717, 1.165) is 67.3 Å². The van der Waals surface area contributed by atoms with Crippen LogP contribution in [-0.4, -0.2) is 32.4 Å². The highest BCUT2D eigenvalue weighted by atomic mass is 32.1. The zero-order valence-corrected chi connectivity index (χ0v) is 61.8. The third kappa shape index (κ3) is 17.9. The Morgan fingerprint density at radius 1 is 0.280 bits per heavy atom. The molecule has 12 aromatic rings. The van der Waals surface area contributed by atoms with Crippen molar-refractivity contribution >= 4 is 114 Å². The summed E-state index contributed by atoms with van der Waals surface area (Å²) in [7, 11) is 0. The zero-order chi connectivity index (χ0) is 68.9. The molecule has 12 rings (SSSR count). The predicted octanol–water partition coefficient (Wildman–Crippen LogP) is 22.3. The molecule has 0 aliphatic rings. The fourth-order valence-electron chi connectivity index (χ4n) is 10.7. The molecule has 0 saturated heterocycles. The smallest absolute Gasteiger partial charge is 0.258 e. The van der Waals surface area contributed by atoms with Gasteiger partial charge in [0, 0.05) is 109 Å². The number of hydrogen-bond acceptors (Lipinski definition) is 7. The third-order valence-electron chi connectivity index (χ3n) is 15.8. The summed E-state index contributed by atoms with van der Waals surface area (Å²) in [5.74, 6) is 0. The molecule has 0 aliphatic carbocycles. The number of nitrogens with zero attached hydrogens (tertiary/aromatic N) is 7. The first-order valence-electron chi connectivity index (χ1n) is 31.7. The molecule has 0 radical (unpaired) electrons. The second-order valence-electron chi connectivity index (χ2n) is 29.9. The van der Waals surface area contributed by atoms with Gasteiger partial charge >= 0.3 is 0 Å². The van der Waals surface area contributed by atoms with Gasteiger partial charge in [0.2, 0.25) is 0 Å². The summed E-state index contributed by atoms with van der Waals surface area (Å²) >= 11 is 22.1. The minimum absolute atomic E-state index is 0.0150. The average molecular weight is 1310 g/mol. The number of benzene rings is 5. The molecule has 93 heavy (non-hydrogen) atoms. The van der Waals surface area contributed by atoms with Crippen molar-refractivity contribution in [3.8, 4) is 0 Å². The number of aryl methyl sites for hydroxylation is 3. The van der Waals surface area contributed by atoms with Gasteiger partial charge in [0.15, 0.2) is 0 Å². The molecule has 0 unspecified atom stereocenters. The van der Waals surface area contributed by atoms with E-state index < -0.39 is 0 Å². The van der Waals surface area contributed by atoms with Crippen molar-refractivity contribution < 1.29 is 0 Å². The molecule has 0 N–H and O–H groups in total. The second-order valence-corrected chi connectivity index (χ2v) is 31.4. The van der Waals surface area contributed by atoms with Gasteiger partial charge in [-0.2, -0.15) is 0 Å². The summed E-state index contributed by atoms with van der Waals surface area (Å²) in [5, 5.41) is 11.8. The highest BCUT2D eigenvalue weighted by Crippen LogP contribution is 2.27. The van der Waals surface area contributed by atoms with Gasteiger partial charge in [0.05, 0.1) is 5.52 Å². The zero-order valence-electron chi connectivity index (χ0n) is 58.6. The Labute approximate surface area is 571 Å². The number of fused-ring (bicyclic) bond motifs is 6. The highest BCUT2D eigenvalue weighted by Gasteiger charge is 2.19. The van der Waals surface area contributed by atoms with Crippen LogP contribution in [0.25, 0.3) is 64.8 Å². The molecule has 9 nitrogen and oxygen atoms in total. The lowest BCUT2D eigenvalue weighted by Crippen LogP contribution is -2.33. The first kappa shape index (κ1) is 72.6. The van der Waals surface area contributed by atoms with Crippen LogP contribution < -0.4 is 11.1 Å². The van der Waals surface area contributed by atoms with E-state index in [4.69, 9.17) is 48.9 Å². The minimum atomic E-state index is -0.172. The molecule has 0 bridgehead atoms. The van der Waals surface area contributed by atoms with Gasteiger partial charge in [0.25, 0.3) is 11.1 Å².